The predicted octanol–water partition coefficient (Wildman–Crippen LogP) is 0.856. The van der Waals surface area contributed by atoms with E-state index in [0.717, 1.165) is 0 Å². The molecule has 0 fully saturated rings. The molecule has 0 radical (unpaired) electrons. The second kappa shape index (κ2) is 4.04. The molecule has 0 atom stereocenters. The van der Waals surface area contributed by atoms with Crippen LogP contribution >= 0.6 is 0 Å². The van der Waals surface area contributed by atoms with Gasteiger partial charge in [-0.05, 0) is 20.8 Å². The summed E-state index contributed by atoms with van der Waals surface area (Å²) in [6.45, 7) is 5.57. The Bertz CT molecular complexity index is 349. The van der Waals surface area contributed by atoms with Crippen LogP contribution in [0.1, 0.15) is 25.1 Å². The molecule has 1 heterocycles. The number of amidine groups is 1. The highest BCUT2D eigenvalue weighted by molar-refractivity contribution is 5.95. The Labute approximate surface area is 82.8 Å². The summed E-state index contributed by atoms with van der Waals surface area (Å²) in [5, 5.41) is 7.25. The fraction of sp³-hybridized carbons (Fsp3) is 0.444. The van der Waals surface area contributed by atoms with Crippen LogP contribution in [-0.4, -0.2) is 21.9 Å². The quantitative estimate of drug-likeness (QED) is 0.552. The summed E-state index contributed by atoms with van der Waals surface area (Å²) < 4.78 is 5.30. The van der Waals surface area contributed by atoms with Crippen LogP contribution in [0.4, 0.5) is 0 Å². The Hall–Kier alpha value is -1.65. The van der Waals surface area contributed by atoms with Crippen LogP contribution < -0.4 is 10.5 Å². The van der Waals surface area contributed by atoms with Gasteiger partial charge in [-0.1, -0.05) is 0 Å². The van der Waals surface area contributed by atoms with E-state index in [-0.39, 0.29) is 11.9 Å². The summed E-state index contributed by atoms with van der Waals surface area (Å²) in [6.07, 6.45) is 1.54. The second-order valence-electron chi connectivity index (χ2n) is 3.23. The van der Waals surface area contributed by atoms with E-state index in [1.54, 1.807) is 6.92 Å². The fourth-order valence-electron chi connectivity index (χ4n) is 0.978. The molecule has 0 spiro atoms. The molecule has 76 valence electrons. The van der Waals surface area contributed by atoms with E-state index in [1.165, 1.54) is 6.20 Å². The maximum absolute atomic E-state index is 7.25. The second-order valence-corrected chi connectivity index (χ2v) is 3.23. The van der Waals surface area contributed by atoms with Gasteiger partial charge < -0.3 is 10.5 Å². The van der Waals surface area contributed by atoms with Gasteiger partial charge in [-0.25, -0.2) is 4.98 Å². The molecule has 0 aromatic carbocycles. The normalized spacial score (nSPS) is 10.3. The Morgan fingerprint density at radius 1 is 1.57 bits per heavy atom. The number of nitrogens with two attached hydrogens (primary N) is 1. The summed E-state index contributed by atoms with van der Waals surface area (Å²) in [7, 11) is 0. The maximum Gasteiger partial charge on any atom is 0.316 e. The fourth-order valence-corrected chi connectivity index (χ4v) is 0.978. The highest BCUT2D eigenvalue weighted by Crippen LogP contribution is 2.09. The summed E-state index contributed by atoms with van der Waals surface area (Å²) >= 11 is 0. The first-order valence-electron chi connectivity index (χ1n) is 4.35. The van der Waals surface area contributed by atoms with E-state index < -0.39 is 0 Å². The van der Waals surface area contributed by atoms with Crippen LogP contribution in [0.5, 0.6) is 6.01 Å². The van der Waals surface area contributed by atoms with Gasteiger partial charge in [-0.3, -0.25) is 5.41 Å². The van der Waals surface area contributed by atoms with Crippen LogP contribution in [0.15, 0.2) is 6.20 Å². The molecule has 0 unspecified atom stereocenters. The number of rotatable bonds is 3. The number of hydrogen-bond donors (Lipinski definition) is 2. The molecule has 0 aliphatic heterocycles. The molecule has 0 amide bonds. The molecule has 0 saturated carbocycles. The lowest BCUT2D eigenvalue weighted by Crippen LogP contribution is -2.16. The average Bonchev–Trinajstić information content (AvgIpc) is 2.01. The third-order valence-electron chi connectivity index (χ3n) is 1.59. The van der Waals surface area contributed by atoms with Gasteiger partial charge in [-0.2, -0.15) is 4.98 Å². The zero-order valence-corrected chi connectivity index (χ0v) is 8.53. The van der Waals surface area contributed by atoms with Crippen molar-refractivity contribution in [1.82, 2.24) is 9.97 Å². The van der Waals surface area contributed by atoms with E-state index in [9.17, 15) is 0 Å². The van der Waals surface area contributed by atoms with E-state index in [0.29, 0.717) is 17.3 Å². The molecule has 0 saturated heterocycles. The molecule has 5 nitrogen and oxygen atoms in total. The van der Waals surface area contributed by atoms with Crippen LogP contribution in [0.3, 0.4) is 0 Å². The molecule has 1 aromatic heterocycles. The minimum atomic E-state index is -0.0291. The standard InChI is InChI=1S/C9H14N4O/c1-5(2)14-9-12-4-7(8(10)11)6(3)13-9/h4-5H,1-3H3,(H3,10,11). The number of nitrogen functional groups attached to an aromatic ring is 1. The van der Waals surface area contributed by atoms with Crippen molar-refractivity contribution >= 4 is 5.84 Å². The Kier molecular flexibility index (Phi) is 3.01. The summed E-state index contributed by atoms with van der Waals surface area (Å²) in [6, 6.07) is 0.322. The molecule has 0 bridgehead atoms. The van der Waals surface area contributed by atoms with Gasteiger partial charge in [0.15, 0.2) is 0 Å². The van der Waals surface area contributed by atoms with E-state index in [2.05, 4.69) is 9.97 Å². The van der Waals surface area contributed by atoms with Gasteiger partial charge in [0.25, 0.3) is 0 Å². The van der Waals surface area contributed by atoms with E-state index in [4.69, 9.17) is 15.9 Å². The minimum absolute atomic E-state index is 0.0291. The molecule has 0 aliphatic carbocycles. The lowest BCUT2D eigenvalue weighted by Gasteiger charge is -2.09. The molecule has 3 N–H and O–H groups in total. The van der Waals surface area contributed by atoms with Crippen LogP contribution in [0, 0.1) is 12.3 Å². The van der Waals surface area contributed by atoms with Crippen LogP contribution in [-0.2, 0) is 0 Å². The first-order valence-corrected chi connectivity index (χ1v) is 4.35. The van der Waals surface area contributed by atoms with Gasteiger partial charge in [0.05, 0.1) is 17.4 Å². The van der Waals surface area contributed by atoms with Crippen molar-refractivity contribution in [3.63, 3.8) is 0 Å². The third-order valence-corrected chi connectivity index (χ3v) is 1.59. The van der Waals surface area contributed by atoms with Crippen molar-refractivity contribution in [2.45, 2.75) is 26.9 Å². The largest absolute Gasteiger partial charge is 0.461 e. The lowest BCUT2D eigenvalue weighted by molar-refractivity contribution is 0.221. The highest BCUT2D eigenvalue weighted by Gasteiger charge is 2.07. The highest BCUT2D eigenvalue weighted by atomic mass is 16.5. The Balaban J connectivity index is 2.94. The van der Waals surface area contributed by atoms with Gasteiger partial charge in [-0.15, -0.1) is 0 Å². The molecular formula is C9H14N4O. The molecule has 0 aliphatic rings. The Morgan fingerprint density at radius 2 is 2.21 bits per heavy atom. The minimum Gasteiger partial charge on any atom is -0.461 e. The van der Waals surface area contributed by atoms with E-state index >= 15 is 0 Å². The van der Waals surface area contributed by atoms with Crippen LogP contribution in [0.25, 0.3) is 0 Å². The monoisotopic (exact) mass is 194 g/mol. The number of aromatic nitrogens is 2. The van der Waals surface area contributed by atoms with Crippen molar-refractivity contribution in [3.8, 4) is 6.01 Å². The number of ether oxygens (including phenoxy) is 1. The number of aryl methyl sites for hydroxylation is 1. The van der Waals surface area contributed by atoms with Crippen molar-refractivity contribution in [1.29, 1.82) is 5.41 Å². The zero-order valence-electron chi connectivity index (χ0n) is 8.53. The van der Waals surface area contributed by atoms with Crippen molar-refractivity contribution in [3.05, 3.63) is 17.5 Å². The van der Waals surface area contributed by atoms with Crippen molar-refractivity contribution < 1.29 is 4.74 Å². The summed E-state index contributed by atoms with van der Waals surface area (Å²) in [4.78, 5) is 8.03. The smallest absolute Gasteiger partial charge is 0.316 e. The van der Waals surface area contributed by atoms with Crippen molar-refractivity contribution in [2.75, 3.05) is 0 Å². The van der Waals surface area contributed by atoms with Crippen LogP contribution in [0.2, 0.25) is 0 Å². The average molecular weight is 194 g/mol. The third kappa shape index (κ3) is 2.42. The summed E-state index contributed by atoms with van der Waals surface area (Å²) in [5.41, 5.74) is 6.53. The number of nitrogens with one attached hydrogen (secondary N) is 1. The van der Waals surface area contributed by atoms with Gasteiger partial charge >= 0.3 is 6.01 Å². The summed E-state index contributed by atoms with van der Waals surface area (Å²) in [5.74, 6) is -0.0291. The molecule has 1 aromatic rings. The molecule has 1 rings (SSSR count). The topological polar surface area (TPSA) is 84.9 Å². The predicted molar refractivity (Wildman–Crippen MR) is 53.5 cm³/mol. The first kappa shape index (κ1) is 10.4. The molecule has 5 heteroatoms. The van der Waals surface area contributed by atoms with Crippen molar-refractivity contribution in [2.24, 2.45) is 5.73 Å². The van der Waals surface area contributed by atoms with E-state index in [1.807, 2.05) is 13.8 Å². The Morgan fingerprint density at radius 3 is 2.64 bits per heavy atom. The SMILES string of the molecule is Cc1nc(OC(C)C)ncc1C(=N)N. The zero-order chi connectivity index (χ0) is 10.7. The molecular weight excluding hydrogens is 180 g/mol. The van der Waals surface area contributed by atoms with Gasteiger partial charge in [0.2, 0.25) is 0 Å². The maximum atomic E-state index is 7.25. The van der Waals surface area contributed by atoms with Gasteiger partial charge in [0, 0.05) is 6.20 Å². The number of hydrogen-bond acceptors (Lipinski definition) is 4. The number of nitrogens with zero attached hydrogens (tertiary/aromatic N) is 2. The first-order chi connectivity index (χ1) is 6.50. The van der Waals surface area contributed by atoms with Gasteiger partial charge in [0.1, 0.15) is 5.84 Å². The molecule has 14 heavy (non-hydrogen) atoms. The lowest BCUT2D eigenvalue weighted by atomic mass is 10.2.